The van der Waals surface area contributed by atoms with Gasteiger partial charge in [-0.1, -0.05) is 18.2 Å². The Morgan fingerprint density at radius 3 is 2.95 bits per heavy atom. The van der Waals surface area contributed by atoms with Gasteiger partial charge in [0, 0.05) is 16.3 Å². The zero-order chi connectivity index (χ0) is 15.7. The molecule has 1 N–H and O–H groups in total. The maximum Gasteiger partial charge on any atom is 0.350 e. The third-order valence-electron chi connectivity index (χ3n) is 2.92. The Hall–Kier alpha value is -1.70. The van der Waals surface area contributed by atoms with Crippen molar-refractivity contribution in [3.63, 3.8) is 0 Å². The quantitative estimate of drug-likeness (QED) is 0.514. The number of anilines is 2. The first-order valence-electron chi connectivity index (χ1n) is 6.15. The molecule has 0 saturated carbocycles. The summed E-state index contributed by atoms with van der Waals surface area (Å²) in [5.41, 5.74) is 0.642. The Labute approximate surface area is 143 Å². The van der Waals surface area contributed by atoms with Gasteiger partial charge in [-0.3, -0.25) is 0 Å². The predicted octanol–water partition coefficient (Wildman–Crippen LogP) is 4.64. The lowest BCUT2D eigenvalue weighted by Crippen LogP contribution is -2.04. The van der Waals surface area contributed by atoms with E-state index in [2.05, 4.69) is 31.2 Å². The lowest BCUT2D eigenvalue weighted by Gasteiger charge is -2.08. The number of benzene rings is 1. The van der Waals surface area contributed by atoms with Crippen LogP contribution in [0.1, 0.15) is 9.67 Å². The molecule has 1 aromatic carbocycles. The third-order valence-corrected chi connectivity index (χ3v) is 4.84. The Kier molecular flexibility index (Phi) is 4.28. The number of nitrogens with zero attached hydrogens (tertiary/aromatic N) is 2. The van der Waals surface area contributed by atoms with Gasteiger partial charge in [0.15, 0.2) is 0 Å². The number of aromatic nitrogens is 2. The van der Waals surface area contributed by atoms with Crippen molar-refractivity contribution in [2.75, 3.05) is 12.4 Å². The summed E-state index contributed by atoms with van der Waals surface area (Å²) in [7, 11) is 1.36. The fraction of sp³-hybridized carbons (Fsp3) is 0.0714. The van der Waals surface area contributed by atoms with Crippen LogP contribution >= 0.6 is 38.9 Å². The molecule has 2 aromatic heterocycles. The van der Waals surface area contributed by atoms with Crippen molar-refractivity contribution in [3.8, 4) is 0 Å². The van der Waals surface area contributed by atoms with Gasteiger partial charge in [-0.05, 0) is 33.6 Å². The van der Waals surface area contributed by atoms with Crippen molar-refractivity contribution >= 4 is 66.4 Å². The number of esters is 1. The predicted molar refractivity (Wildman–Crippen MR) is 91.2 cm³/mol. The number of carbonyl (C=O) groups is 1. The highest BCUT2D eigenvalue weighted by atomic mass is 79.9. The van der Waals surface area contributed by atoms with Gasteiger partial charge in [0.2, 0.25) is 5.28 Å². The van der Waals surface area contributed by atoms with E-state index >= 15 is 0 Å². The van der Waals surface area contributed by atoms with Gasteiger partial charge >= 0.3 is 5.97 Å². The average Bonchev–Trinajstić information content (AvgIpc) is 2.89. The molecule has 0 atom stereocenters. The number of ether oxygens (including phenoxy) is 1. The van der Waals surface area contributed by atoms with Crippen LogP contribution in [0, 0.1) is 0 Å². The Morgan fingerprint density at radius 2 is 2.18 bits per heavy atom. The van der Waals surface area contributed by atoms with Gasteiger partial charge in [-0.15, -0.1) is 11.3 Å². The van der Waals surface area contributed by atoms with E-state index in [0.29, 0.717) is 20.9 Å². The largest absolute Gasteiger partial charge is 0.465 e. The average molecular weight is 399 g/mol. The standard InChI is InChI=1S/C14H9BrClN3O2S/c1-21-13(20)11-10(7-4-2-3-5-9(7)22-11)18-12-8(15)6-17-14(16)19-12/h2-6H,1H3,(H,17,18,19). The molecule has 5 nitrogen and oxygen atoms in total. The first-order chi connectivity index (χ1) is 10.6. The SMILES string of the molecule is COC(=O)c1sc2ccccc2c1Nc1nc(Cl)ncc1Br. The number of halogens is 2. The molecule has 2 heterocycles. The summed E-state index contributed by atoms with van der Waals surface area (Å²) in [6.07, 6.45) is 1.55. The van der Waals surface area contributed by atoms with Crippen LogP contribution in [0.5, 0.6) is 0 Å². The molecule has 8 heteroatoms. The Bertz CT molecular complexity index is 868. The zero-order valence-corrected chi connectivity index (χ0v) is 14.4. The first kappa shape index (κ1) is 15.2. The normalized spacial score (nSPS) is 10.7. The van der Waals surface area contributed by atoms with E-state index in [1.54, 1.807) is 6.20 Å². The summed E-state index contributed by atoms with van der Waals surface area (Å²) >= 11 is 10.5. The van der Waals surface area contributed by atoms with Crippen LogP contribution in [0.4, 0.5) is 11.5 Å². The van der Waals surface area contributed by atoms with E-state index in [0.717, 1.165) is 10.1 Å². The lowest BCUT2D eigenvalue weighted by atomic mass is 10.2. The minimum absolute atomic E-state index is 0.116. The molecule has 3 rings (SSSR count). The summed E-state index contributed by atoms with van der Waals surface area (Å²) in [6.45, 7) is 0. The van der Waals surface area contributed by atoms with Crippen LogP contribution in [-0.4, -0.2) is 23.0 Å². The van der Waals surface area contributed by atoms with Gasteiger partial charge in [0.25, 0.3) is 0 Å². The van der Waals surface area contributed by atoms with E-state index in [1.807, 2.05) is 24.3 Å². The molecule has 22 heavy (non-hydrogen) atoms. The molecule has 112 valence electrons. The molecular weight excluding hydrogens is 390 g/mol. The minimum atomic E-state index is -0.403. The van der Waals surface area contributed by atoms with Crippen molar-refractivity contribution in [1.82, 2.24) is 9.97 Å². The van der Waals surface area contributed by atoms with Crippen molar-refractivity contribution in [2.45, 2.75) is 0 Å². The van der Waals surface area contributed by atoms with E-state index in [4.69, 9.17) is 16.3 Å². The van der Waals surface area contributed by atoms with Gasteiger partial charge in [0.1, 0.15) is 10.7 Å². The van der Waals surface area contributed by atoms with Crippen LogP contribution in [0.2, 0.25) is 5.28 Å². The molecule has 0 unspecified atom stereocenters. The molecule has 0 aliphatic heterocycles. The van der Waals surface area contributed by atoms with Crippen LogP contribution in [0.3, 0.4) is 0 Å². The summed E-state index contributed by atoms with van der Waals surface area (Å²) in [4.78, 5) is 20.5. The van der Waals surface area contributed by atoms with Crippen molar-refractivity contribution in [2.24, 2.45) is 0 Å². The van der Waals surface area contributed by atoms with E-state index in [-0.39, 0.29) is 5.28 Å². The number of thiophene rings is 1. The van der Waals surface area contributed by atoms with Gasteiger partial charge in [-0.2, -0.15) is 4.98 Å². The van der Waals surface area contributed by atoms with E-state index < -0.39 is 5.97 Å². The summed E-state index contributed by atoms with van der Waals surface area (Å²) in [6, 6.07) is 7.70. The summed E-state index contributed by atoms with van der Waals surface area (Å²) in [5.74, 6) is 0.0775. The summed E-state index contributed by atoms with van der Waals surface area (Å²) < 4.78 is 6.47. The fourth-order valence-electron chi connectivity index (χ4n) is 1.96. The number of hydrogen-bond donors (Lipinski definition) is 1. The number of rotatable bonds is 3. The Balaban J connectivity index is 2.16. The molecule has 0 spiro atoms. The maximum absolute atomic E-state index is 12.0. The second-order valence-electron chi connectivity index (χ2n) is 4.25. The Morgan fingerprint density at radius 1 is 1.41 bits per heavy atom. The topological polar surface area (TPSA) is 64.1 Å². The van der Waals surface area contributed by atoms with Crippen molar-refractivity contribution < 1.29 is 9.53 Å². The molecule has 0 aliphatic rings. The van der Waals surface area contributed by atoms with Crippen molar-refractivity contribution in [1.29, 1.82) is 0 Å². The van der Waals surface area contributed by atoms with E-state index in [1.165, 1.54) is 18.4 Å². The molecule has 0 radical (unpaired) electrons. The number of hydrogen-bond acceptors (Lipinski definition) is 6. The number of methoxy groups -OCH3 is 1. The fourth-order valence-corrected chi connectivity index (χ4v) is 3.46. The van der Waals surface area contributed by atoms with Crippen LogP contribution in [-0.2, 0) is 4.74 Å². The van der Waals surface area contributed by atoms with Crippen LogP contribution < -0.4 is 5.32 Å². The molecule has 0 fully saturated rings. The zero-order valence-electron chi connectivity index (χ0n) is 11.3. The molecule has 3 aromatic rings. The van der Waals surface area contributed by atoms with Crippen LogP contribution in [0.15, 0.2) is 34.9 Å². The van der Waals surface area contributed by atoms with Gasteiger partial charge in [-0.25, -0.2) is 9.78 Å². The first-order valence-corrected chi connectivity index (χ1v) is 8.14. The molecule has 0 aliphatic carbocycles. The van der Waals surface area contributed by atoms with E-state index in [9.17, 15) is 4.79 Å². The van der Waals surface area contributed by atoms with Gasteiger partial charge < -0.3 is 10.1 Å². The lowest BCUT2D eigenvalue weighted by molar-refractivity contribution is 0.0607. The number of nitrogens with one attached hydrogen (secondary N) is 1. The molecule has 0 amide bonds. The highest BCUT2D eigenvalue weighted by Crippen LogP contribution is 2.38. The smallest absolute Gasteiger partial charge is 0.350 e. The number of carbonyl (C=O) groups excluding carboxylic acids is 1. The monoisotopic (exact) mass is 397 g/mol. The summed E-state index contributed by atoms with van der Waals surface area (Å²) in [5, 5.41) is 4.17. The number of fused-ring (bicyclic) bond motifs is 1. The molecule has 0 saturated heterocycles. The van der Waals surface area contributed by atoms with Crippen LogP contribution in [0.25, 0.3) is 10.1 Å². The molecule has 0 bridgehead atoms. The molecular formula is C14H9BrClN3O2S. The minimum Gasteiger partial charge on any atom is -0.465 e. The second kappa shape index (κ2) is 6.20. The van der Waals surface area contributed by atoms with Gasteiger partial charge in [0.05, 0.1) is 17.3 Å². The third kappa shape index (κ3) is 2.79. The maximum atomic E-state index is 12.0. The highest BCUT2D eigenvalue weighted by Gasteiger charge is 2.20. The second-order valence-corrected chi connectivity index (χ2v) is 6.50. The highest BCUT2D eigenvalue weighted by molar-refractivity contribution is 9.10. The van der Waals surface area contributed by atoms with Crippen molar-refractivity contribution in [3.05, 3.63) is 45.1 Å².